The van der Waals surface area contributed by atoms with E-state index in [2.05, 4.69) is 39.6 Å². The van der Waals surface area contributed by atoms with Crippen molar-refractivity contribution in [3.63, 3.8) is 0 Å². The number of nitrogens with one attached hydrogen (secondary N) is 3. The summed E-state index contributed by atoms with van der Waals surface area (Å²) in [4.78, 5) is 58.2. The van der Waals surface area contributed by atoms with Crippen LogP contribution in [0.1, 0.15) is 90.2 Å². The van der Waals surface area contributed by atoms with E-state index >= 15 is 0 Å². The number of hydrogen-bond acceptors (Lipinski definition) is 9. The predicted octanol–water partition coefficient (Wildman–Crippen LogP) is 5.88. The molecule has 4 amide bonds. The molecule has 16 heteroatoms. The number of thiocarbonyl (C=S) groups is 1. The average Bonchev–Trinajstić information content (AvgIpc) is 3.32. The molecule has 3 N–H and O–H groups in total. The molecule has 1 unspecified atom stereocenters. The Labute approximate surface area is 337 Å². The molecule has 4 fully saturated rings. The maximum atomic E-state index is 13.7. The van der Waals surface area contributed by atoms with Crippen molar-refractivity contribution in [1.82, 2.24) is 20.0 Å². The Hall–Kier alpha value is -4.59. The number of hydrogen-bond donors (Lipinski definition) is 3. The highest BCUT2D eigenvalue weighted by Gasteiger charge is 2.52. The topological polar surface area (TPSA) is 141 Å². The molecule has 3 saturated heterocycles. The molecule has 57 heavy (non-hydrogen) atoms. The van der Waals surface area contributed by atoms with Gasteiger partial charge in [0.25, 0.3) is 5.91 Å². The Morgan fingerprint density at radius 2 is 1.68 bits per heavy atom. The monoisotopic (exact) mass is 808 g/mol. The smallest absolute Gasteiger partial charge is 0.374 e. The zero-order valence-corrected chi connectivity index (χ0v) is 33.6. The molecule has 2 aromatic rings. The number of carbonyl (C=O) groups excluding carboxylic acids is 4. The summed E-state index contributed by atoms with van der Waals surface area (Å²) in [5.74, 6) is -0.603. The van der Waals surface area contributed by atoms with E-state index in [4.69, 9.17) is 12.2 Å². The van der Waals surface area contributed by atoms with Crippen LogP contribution in [0.2, 0.25) is 0 Å². The summed E-state index contributed by atoms with van der Waals surface area (Å²) >= 11 is 5.77. The molecular weight excluding hydrogens is 758 g/mol. The number of nitriles is 1. The second kappa shape index (κ2) is 17.1. The van der Waals surface area contributed by atoms with Crippen molar-refractivity contribution in [2.24, 2.45) is 5.92 Å². The van der Waals surface area contributed by atoms with Gasteiger partial charge in [0.1, 0.15) is 11.6 Å². The van der Waals surface area contributed by atoms with Crippen molar-refractivity contribution in [3.05, 3.63) is 53.6 Å². The molecule has 0 aromatic heterocycles. The van der Waals surface area contributed by atoms with Gasteiger partial charge in [-0.3, -0.25) is 34.3 Å². The molecule has 0 bridgehead atoms. The van der Waals surface area contributed by atoms with Crippen LogP contribution in [0.25, 0.3) is 0 Å². The van der Waals surface area contributed by atoms with E-state index in [0.29, 0.717) is 23.7 Å². The van der Waals surface area contributed by atoms with Crippen LogP contribution < -0.4 is 20.9 Å². The molecule has 1 saturated carbocycles. The van der Waals surface area contributed by atoms with Crippen LogP contribution in [0.5, 0.6) is 0 Å². The summed E-state index contributed by atoms with van der Waals surface area (Å²) in [7, 11) is 0. The summed E-state index contributed by atoms with van der Waals surface area (Å²) in [5, 5.41) is 17.9. The largest absolute Gasteiger partial charge is 0.417 e. The maximum absolute atomic E-state index is 13.7. The van der Waals surface area contributed by atoms with E-state index in [1.807, 2.05) is 11.0 Å². The predicted molar refractivity (Wildman–Crippen MR) is 214 cm³/mol. The zero-order chi connectivity index (χ0) is 41.2. The van der Waals surface area contributed by atoms with Gasteiger partial charge in [-0.05, 0) is 134 Å². The Bertz CT molecular complexity index is 1920. The minimum absolute atomic E-state index is 0.0106. The summed E-state index contributed by atoms with van der Waals surface area (Å²) < 4.78 is 41.2. The average molecular weight is 809 g/mol. The van der Waals surface area contributed by atoms with Crippen molar-refractivity contribution in [2.75, 3.05) is 41.7 Å². The Kier molecular flexibility index (Phi) is 12.6. The molecule has 3 heterocycles. The van der Waals surface area contributed by atoms with Crippen molar-refractivity contribution < 1.29 is 32.3 Å². The highest BCUT2D eigenvalue weighted by molar-refractivity contribution is 7.80. The van der Waals surface area contributed by atoms with E-state index in [0.717, 1.165) is 70.3 Å². The van der Waals surface area contributed by atoms with E-state index in [-0.39, 0.29) is 65.5 Å². The number of benzene rings is 2. The summed E-state index contributed by atoms with van der Waals surface area (Å²) in [6.45, 7) is 10.7. The van der Waals surface area contributed by atoms with Crippen LogP contribution in [-0.2, 0) is 25.4 Å². The fourth-order valence-electron chi connectivity index (χ4n) is 9.00. The summed E-state index contributed by atoms with van der Waals surface area (Å²) in [6.07, 6.45) is 1.63. The third kappa shape index (κ3) is 9.42. The number of rotatable bonds is 11. The van der Waals surface area contributed by atoms with Crippen LogP contribution in [0.15, 0.2) is 42.5 Å². The third-order valence-corrected chi connectivity index (χ3v) is 12.3. The lowest BCUT2D eigenvalue weighted by Gasteiger charge is -2.44. The first-order valence-corrected chi connectivity index (χ1v) is 20.1. The van der Waals surface area contributed by atoms with E-state index in [1.54, 1.807) is 38.1 Å². The van der Waals surface area contributed by atoms with Gasteiger partial charge < -0.3 is 20.4 Å². The highest BCUT2D eigenvalue weighted by Crippen LogP contribution is 2.41. The molecule has 6 rings (SSSR count). The highest BCUT2D eigenvalue weighted by atomic mass is 32.1. The number of alkyl halides is 3. The second-order valence-electron chi connectivity index (χ2n) is 16.4. The molecule has 0 spiro atoms. The molecule has 3 aliphatic heterocycles. The van der Waals surface area contributed by atoms with Gasteiger partial charge in [0.15, 0.2) is 5.11 Å². The lowest BCUT2D eigenvalue weighted by molar-refractivity contribution is -0.138. The Morgan fingerprint density at radius 3 is 2.33 bits per heavy atom. The normalized spacial score (nSPS) is 26.0. The van der Waals surface area contributed by atoms with Crippen molar-refractivity contribution in [2.45, 2.75) is 115 Å². The number of halogens is 3. The van der Waals surface area contributed by atoms with Gasteiger partial charge in [-0.2, -0.15) is 18.4 Å². The fraction of sp³-hybridized carbons (Fsp3) is 0.561. The van der Waals surface area contributed by atoms with Crippen molar-refractivity contribution in [1.29, 1.82) is 5.26 Å². The quantitative estimate of drug-likeness (QED) is 0.186. The number of nitrogens with zero attached hydrogens (tertiary/aromatic N) is 5. The van der Waals surface area contributed by atoms with E-state index in [1.165, 1.54) is 11.0 Å². The first-order valence-electron chi connectivity index (χ1n) is 19.7. The number of piperazine rings is 1. The fourth-order valence-corrected chi connectivity index (χ4v) is 9.56. The standard InChI is InChI=1S/C41H51F3N8O4S/c1-25-22-49(23-26(2)50(25)24-36(54)47-30-9-5-8-29(19-30)46-34-16-17-35(53)48-37(34)55)18-6-7-27-10-13-31(14-11-27)52-39(57)51(38(56)40(52,3)4)32-15-12-28(21-45)33(20-32)41(42,43)44/h5,8-9,12,15,19-20,25-27,31,34,46H,6-7,10-11,13-14,16-18,22-24H2,1-4H3,(H,47,54)(H,48,53,55)/t25-,26+,27-,31-,34?. The molecule has 0 radical (unpaired) electrons. The minimum Gasteiger partial charge on any atom is -0.374 e. The van der Waals surface area contributed by atoms with Gasteiger partial charge in [0.2, 0.25) is 17.7 Å². The van der Waals surface area contributed by atoms with Crippen molar-refractivity contribution >= 4 is 58.0 Å². The second-order valence-corrected chi connectivity index (χ2v) is 16.8. The maximum Gasteiger partial charge on any atom is 0.417 e. The third-order valence-electron chi connectivity index (χ3n) is 11.9. The van der Waals surface area contributed by atoms with Crippen LogP contribution in [0.4, 0.5) is 30.2 Å². The molecule has 306 valence electrons. The van der Waals surface area contributed by atoms with Crippen LogP contribution in [0.3, 0.4) is 0 Å². The van der Waals surface area contributed by atoms with Gasteiger partial charge >= 0.3 is 6.18 Å². The van der Waals surface area contributed by atoms with Gasteiger partial charge in [0, 0.05) is 49.0 Å². The van der Waals surface area contributed by atoms with E-state index in [9.17, 15) is 37.6 Å². The SMILES string of the molecule is C[C@@H]1CN(CCC[C@H]2CC[C@H](N3C(=S)N(c4ccc(C#N)c(C(F)(F)F)c4)C(=O)C3(C)C)CC2)C[C@H](C)N1CC(=O)Nc1cccc(NC2CCC(=O)NC2=O)c1. The molecule has 1 aliphatic carbocycles. The van der Waals surface area contributed by atoms with Crippen molar-refractivity contribution in [3.8, 4) is 6.07 Å². The zero-order valence-electron chi connectivity index (χ0n) is 32.8. The van der Waals surface area contributed by atoms with E-state index < -0.39 is 28.9 Å². The van der Waals surface area contributed by atoms with Gasteiger partial charge in [0.05, 0.1) is 29.4 Å². The first-order chi connectivity index (χ1) is 27.0. The lowest BCUT2D eigenvalue weighted by Crippen LogP contribution is -2.58. The Balaban J connectivity index is 0.943. The molecule has 2 aromatic carbocycles. The minimum atomic E-state index is -4.75. The van der Waals surface area contributed by atoms with Gasteiger partial charge in [-0.25, -0.2) is 0 Å². The Morgan fingerprint density at radius 1 is 1.00 bits per heavy atom. The van der Waals surface area contributed by atoms with Gasteiger partial charge in [-0.1, -0.05) is 6.07 Å². The molecule has 3 atom stereocenters. The number of amides is 4. The summed E-state index contributed by atoms with van der Waals surface area (Å²) in [5.41, 5.74) is -1.31. The number of carbonyl (C=O) groups is 4. The van der Waals surface area contributed by atoms with Gasteiger partial charge in [-0.15, -0.1) is 0 Å². The number of imide groups is 1. The summed E-state index contributed by atoms with van der Waals surface area (Å²) in [6, 6.07) is 11.9. The van der Waals surface area contributed by atoms with Crippen LogP contribution >= 0.6 is 12.2 Å². The number of piperidine rings is 1. The molecule has 12 nitrogen and oxygen atoms in total. The lowest BCUT2D eigenvalue weighted by atomic mass is 9.82. The van der Waals surface area contributed by atoms with Crippen LogP contribution in [-0.4, -0.2) is 99.3 Å². The molecule has 4 aliphatic rings. The molecular formula is C41H51F3N8O4S. The van der Waals surface area contributed by atoms with Crippen LogP contribution in [0, 0.1) is 17.2 Å². The number of anilines is 3. The first kappa shape index (κ1) is 42.0.